The first kappa shape index (κ1) is 13.8. The minimum absolute atomic E-state index is 0.809. The topological polar surface area (TPSA) is 55.0 Å². The number of likely N-dealkylation sites (N-methyl/N-ethyl adjacent to an activating group) is 1. The molecule has 108 valence electrons. The second-order valence-corrected chi connectivity index (χ2v) is 6.37. The molecular formula is C16H18N4S. The molecule has 0 unspecified atom stereocenters. The Morgan fingerprint density at radius 3 is 2.76 bits per heavy atom. The molecule has 5 heteroatoms. The summed E-state index contributed by atoms with van der Waals surface area (Å²) in [5.74, 6) is 0. The highest BCUT2D eigenvalue weighted by atomic mass is 32.1. The van der Waals surface area contributed by atoms with E-state index in [1.165, 1.54) is 5.56 Å². The number of nitrogen functional groups attached to an aromatic ring is 1. The van der Waals surface area contributed by atoms with Crippen LogP contribution in [0.3, 0.4) is 0 Å². The fourth-order valence-corrected chi connectivity index (χ4v) is 3.25. The molecule has 0 aliphatic rings. The van der Waals surface area contributed by atoms with Crippen molar-refractivity contribution in [1.29, 1.82) is 0 Å². The molecule has 0 bridgehead atoms. The van der Waals surface area contributed by atoms with Gasteiger partial charge in [-0.1, -0.05) is 0 Å². The van der Waals surface area contributed by atoms with Crippen LogP contribution in [0.5, 0.6) is 0 Å². The summed E-state index contributed by atoms with van der Waals surface area (Å²) in [5, 5.41) is 1.07. The smallest absolute Gasteiger partial charge is 0.0907 e. The van der Waals surface area contributed by atoms with Gasteiger partial charge in [0.1, 0.15) is 0 Å². The minimum atomic E-state index is 0.809. The van der Waals surface area contributed by atoms with Crippen molar-refractivity contribution in [3.05, 3.63) is 47.2 Å². The van der Waals surface area contributed by atoms with Crippen LogP contribution in [-0.4, -0.2) is 23.6 Å². The third-order valence-electron chi connectivity index (χ3n) is 3.54. The SMILES string of the molecule is Cc1nc2cc(N(C)CCc3ccncc3)c(N)cc2s1. The fourth-order valence-electron chi connectivity index (χ4n) is 2.39. The Morgan fingerprint density at radius 2 is 2.00 bits per heavy atom. The van der Waals surface area contributed by atoms with Crippen LogP contribution in [0.4, 0.5) is 11.4 Å². The fraction of sp³-hybridized carbons (Fsp3) is 0.250. The molecule has 2 N–H and O–H groups in total. The molecule has 2 aromatic heterocycles. The first-order chi connectivity index (χ1) is 10.1. The number of hydrogen-bond donors (Lipinski definition) is 1. The van der Waals surface area contributed by atoms with Crippen LogP contribution >= 0.6 is 11.3 Å². The number of thiazole rings is 1. The van der Waals surface area contributed by atoms with Crippen molar-refractivity contribution < 1.29 is 0 Å². The summed E-state index contributed by atoms with van der Waals surface area (Å²) in [6.45, 7) is 2.93. The van der Waals surface area contributed by atoms with Gasteiger partial charge in [-0.25, -0.2) is 4.98 Å². The number of anilines is 2. The number of benzene rings is 1. The lowest BCUT2D eigenvalue weighted by Gasteiger charge is -2.21. The largest absolute Gasteiger partial charge is 0.397 e. The molecule has 21 heavy (non-hydrogen) atoms. The van der Waals surface area contributed by atoms with Crippen LogP contribution in [0.15, 0.2) is 36.7 Å². The molecule has 2 heterocycles. The van der Waals surface area contributed by atoms with E-state index in [0.717, 1.165) is 39.6 Å². The molecule has 0 saturated heterocycles. The first-order valence-electron chi connectivity index (χ1n) is 6.90. The molecule has 0 fully saturated rings. The number of pyridine rings is 1. The molecular weight excluding hydrogens is 280 g/mol. The van der Waals surface area contributed by atoms with E-state index in [1.54, 1.807) is 11.3 Å². The molecule has 0 spiro atoms. The summed E-state index contributed by atoms with van der Waals surface area (Å²) in [5.41, 5.74) is 10.3. The maximum Gasteiger partial charge on any atom is 0.0907 e. The van der Waals surface area contributed by atoms with Gasteiger partial charge in [-0.3, -0.25) is 4.98 Å². The van der Waals surface area contributed by atoms with E-state index in [4.69, 9.17) is 5.73 Å². The minimum Gasteiger partial charge on any atom is -0.397 e. The highest BCUT2D eigenvalue weighted by Crippen LogP contribution is 2.31. The van der Waals surface area contributed by atoms with Gasteiger partial charge in [-0.2, -0.15) is 0 Å². The Morgan fingerprint density at radius 1 is 1.24 bits per heavy atom. The molecule has 3 rings (SSSR count). The molecule has 0 aliphatic carbocycles. The zero-order valence-electron chi connectivity index (χ0n) is 12.2. The molecule has 0 amide bonds. The Balaban J connectivity index is 1.80. The summed E-state index contributed by atoms with van der Waals surface area (Å²) in [7, 11) is 2.07. The lowest BCUT2D eigenvalue weighted by Crippen LogP contribution is -2.21. The summed E-state index contributed by atoms with van der Waals surface area (Å²) >= 11 is 1.68. The van der Waals surface area contributed by atoms with Crippen molar-refractivity contribution in [1.82, 2.24) is 9.97 Å². The quantitative estimate of drug-likeness (QED) is 0.751. The van der Waals surface area contributed by atoms with E-state index in [-0.39, 0.29) is 0 Å². The van der Waals surface area contributed by atoms with Gasteiger partial charge in [0.15, 0.2) is 0 Å². The highest BCUT2D eigenvalue weighted by molar-refractivity contribution is 7.18. The number of aromatic nitrogens is 2. The predicted octanol–water partition coefficient (Wildman–Crippen LogP) is 3.26. The van der Waals surface area contributed by atoms with Crippen molar-refractivity contribution in [2.24, 2.45) is 0 Å². The van der Waals surface area contributed by atoms with E-state index < -0.39 is 0 Å². The Bertz CT molecular complexity index is 752. The van der Waals surface area contributed by atoms with Gasteiger partial charge in [-0.05, 0) is 43.2 Å². The lowest BCUT2D eigenvalue weighted by atomic mass is 10.2. The van der Waals surface area contributed by atoms with Gasteiger partial charge in [0.05, 0.1) is 26.6 Å². The maximum absolute atomic E-state index is 6.19. The average molecular weight is 298 g/mol. The van der Waals surface area contributed by atoms with Crippen LogP contribution < -0.4 is 10.6 Å². The van der Waals surface area contributed by atoms with Gasteiger partial charge in [0.2, 0.25) is 0 Å². The summed E-state index contributed by atoms with van der Waals surface area (Å²) in [4.78, 5) is 10.8. The van der Waals surface area contributed by atoms with Crippen molar-refractivity contribution >= 4 is 32.9 Å². The van der Waals surface area contributed by atoms with E-state index in [9.17, 15) is 0 Å². The third kappa shape index (κ3) is 2.97. The normalized spacial score (nSPS) is 11.0. The molecule has 3 aromatic rings. The van der Waals surface area contributed by atoms with Gasteiger partial charge >= 0.3 is 0 Å². The first-order valence-corrected chi connectivity index (χ1v) is 7.72. The number of aryl methyl sites for hydroxylation is 1. The molecule has 1 aromatic carbocycles. The standard InChI is InChI=1S/C16H18N4S/c1-11-19-14-10-15(13(17)9-16(14)21-11)20(2)8-5-12-3-6-18-7-4-12/h3-4,6-7,9-10H,5,8,17H2,1-2H3. The highest BCUT2D eigenvalue weighted by Gasteiger charge is 2.10. The van der Waals surface area contributed by atoms with Gasteiger partial charge in [0, 0.05) is 26.0 Å². The number of fused-ring (bicyclic) bond motifs is 1. The van der Waals surface area contributed by atoms with Gasteiger partial charge in [-0.15, -0.1) is 11.3 Å². The molecule has 0 aliphatic heterocycles. The van der Waals surface area contributed by atoms with Gasteiger partial charge in [0.25, 0.3) is 0 Å². The zero-order valence-corrected chi connectivity index (χ0v) is 13.0. The van der Waals surface area contributed by atoms with Crippen molar-refractivity contribution in [3.63, 3.8) is 0 Å². The van der Waals surface area contributed by atoms with Crippen LogP contribution in [0.25, 0.3) is 10.2 Å². The van der Waals surface area contributed by atoms with Crippen molar-refractivity contribution in [2.45, 2.75) is 13.3 Å². The monoisotopic (exact) mass is 298 g/mol. The van der Waals surface area contributed by atoms with Crippen LogP contribution in [-0.2, 0) is 6.42 Å². The van der Waals surface area contributed by atoms with E-state index in [0.29, 0.717) is 0 Å². The Kier molecular flexibility index (Phi) is 3.75. The Hall–Kier alpha value is -2.14. The molecule has 0 radical (unpaired) electrons. The van der Waals surface area contributed by atoms with E-state index in [1.807, 2.05) is 37.5 Å². The lowest BCUT2D eigenvalue weighted by molar-refractivity contribution is 0.876. The van der Waals surface area contributed by atoms with Crippen LogP contribution in [0.2, 0.25) is 0 Å². The van der Waals surface area contributed by atoms with Crippen LogP contribution in [0, 0.1) is 6.92 Å². The number of nitrogens with zero attached hydrogens (tertiary/aromatic N) is 3. The van der Waals surface area contributed by atoms with Crippen LogP contribution in [0.1, 0.15) is 10.6 Å². The van der Waals surface area contributed by atoms with Crippen molar-refractivity contribution in [3.8, 4) is 0 Å². The molecule has 4 nitrogen and oxygen atoms in total. The number of nitrogens with two attached hydrogens (primary N) is 1. The summed E-state index contributed by atoms with van der Waals surface area (Å²) < 4.78 is 1.15. The average Bonchev–Trinajstić information content (AvgIpc) is 2.84. The summed E-state index contributed by atoms with van der Waals surface area (Å²) in [6, 6.07) is 8.20. The second-order valence-electron chi connectivity index (χ2n) is 5.14. The zero-order chi connectivity index (χ0) is 14.8. The number of hydrogen-bond acceptors (Lipinski definition) is 5. The third-order valence-corrected chi connectivity index (χ3v) is 4.47. The van der Waals surface area contributed by atoms with E-state index >= 15 is 0 Å². The predicted molar refractivity (Wildman–Crippen MR) is 90.0 cm³/mol. The molecule has 0 atom stereocenters. The maximum atomic E-state index is 6.19. The number of rotatable bonds is 4. The Labute approximate surface area is 128 Å². The van der Waals surface area contributed by atoms with Gasteiger partial charge < -0.3 is 10.6 Å². The summed E-state index contributed by atoms with van der Waals surface area (Å²) in [6.07, 6.45) is 4.62. The van der Waals surface area contributed by atoms with E-state index in [2.05, 4.69) is 28.0 Å². The second kappa shape index (κ2) is 5.69. The molecule has 0 saturated carbocycles. The van der Waals surface area contributed by atoms with Crippen molar-refractivity contribution in [2.75, 3.05) is 24.2 Å².